The van der Waals surface area contributed by atoms with Crippen LogP contribution in [0.3, 0.4) is 0 Å². The number of rotatable bonds is 6. The van der Waals surface area contributed by atoms with E-state index < -0.39 is 12.1 Å². The number of nitrogens with one attached hydrogen (secondary N) is 1. The van der Waals surface area contributed by atoms with E-state index in [0.717, 1.165) is 18.1 Å². The van der Waals surface area contributed by atoms with Crippen molar-refractivity contribution in [1.29, 1.82) is 0 Å². The minimum absolute atomic E-state index is 0.119. The number of carboxylic acid groups (broad SMARTS) is 1. The minimum Gasteiger partial charge on any atom is -0.478 e. The summed E-state index contributed by atoms with van der Waals surface area (Å²) in [6.07, 6.45) is 7.33. The Morgan fingerprint density at radius 3 is 2.93 bits per heavy atom. The fourth-order valence-corrected chi connectivity index (χ4v) is 3.71. The second kappa shape index (κ2) is 7.43. The van der Waals surface area contributed by atoms with Crippen molar-refractivity contribution in [2.45, 2.75) is 38.5 Å². The number of imidazole rings is 1. The molecule has 0 bridgehead atoms. The van der Waals surface area contributed by atoms with Gasteiger partial charge < -0.3 is 15.5 Å². The molecule has 1 aliphatic rings. The van der Waals surface area contributed by atoms with Gasteiger partial charge in [-0.2, -0.15) is 5.10 Å². The first kappa shape index (κ1) is 18.2. The maximum atomic E-state index is 11.0. The van der Waals surface area contributed by atoms with Crippen LogP contribution in [0.2, 0.25) is 0 Å². The Balaban J connectivity index is 1.41. The monoisotopic (exact) mass is 382 g/mol. The quantitative estimate of drug-likeness (QED) is 0.594. The molecule has 3 aromatic rings. The maximum Gasteiger partial charge on any atom is 0.338 e. The fourth-order valence-electron chi connectivity index (χ4n) is 3.71. The standard InChI is InChI=1S/C19H22N6O3/c1-12-20-5-6-25(12)18-4-2-3-17(23-18)22-15-7-13(8-16(15)26)10-24-11-14(9-21-24)19(27)28/h2-6,9,11,13,15-16,26H,7-8,10H2,1H3,(H,22,23)(H,27,28)/t13?,15-,16-/m1/s1. The largest absolute Gasteiger partial charge is 0.478 e. The molecule has 3 aromatic heterocycles. The van der Waals surface area contributed by atoms with Gasteiger partial charge in [0.25, 0.3) is 0 Å². The third-order valence-corrected chi connectivity index (χ3v) is 5.09. The lowest BCUT2D eigenvalue weighted by Gasteiger charge is -2.17. The number of aryl methyl sites for hydroxylation is 1. The molecule has 0 amide bonds. The van der Waals surface area contributed by atoms with E-state index in [4.69, 9.17) is 5.11 Å². The van der Waals surface area contributed by atoms with Gasteiger partial charge in [0.2, 0.25) is 0 Å². The molecule has 1 unspecified atom stereocenters. The topological polar surface area (TPSA) is 118 Å². The smallest absolute Gasteiger partial charge is 0.338 e. The second-order valence-electron chi connectivity index (χ2n) is 7.14. The molecule has 9 nitrogen and oxygen atoms in total. The highest BCUT2D eigenvalue weighted by Crippen LogP contribution is 2.29. The summed E-state index contributed by atoms with van der Waals surface area (Å²) >= 11 is 0. The van der Waals surface area contributed by atoms with Crippen LogP contribution in [0.1, 0.15) is 29.0 Å². The Kier molecular flexibility index (Phi) is 4.82. The van der Waals surface area contributed by atoms with E-state index in [9.17, 15) is 9.90 Å². The van der Waals surface area contributed by atoms with Crippen LogP contribution in [-0.4, -0.2) is 52.6 Å². The molecule has 1 saturated carbocycles. The predicted molar refractivity (Wildman–Crippen MR) is 101 cm³/mol. The highest BCUT2D eigenvalue weighted by Gasteiger charge is 2.33. The fraction of sp³-hybridized carbons (Fsp3) is 0.368. The van der Waals surface area contributed by atoms with Crippen LogP contribution in [0.4, 0.5) is 5.82 Å². The van der Waals surface area contributed by atoms with Gasteiger partial charge in [-0.3, -0.25) is 9.25 Å². The van der Waals surface area contributed by atoms with Crippen molar-refractivity contribution >= 4 is 11.8 Å². The van der Waals surface area contributed by atoms with Gasteiger partial charge >= 0.3 is 5.97 Å². The Hall–Kier alpha value is -3.20. The van der Waals surface area contributed by atoms with E-state index in [0.29, 0.717) is 18.8 Å². The number of anilines is 1. The Bertz CT molecular complexity index is 981. The highest BCUT2D eigenvalue weighted by atomic mass is 16.4. The van der Waals surface area contributed by atoms with E-state index in [1.165, 1.54) is 12.4 Å². The van der Waals surface area contributed by atoms with Crippen LogP contribution in [-0.2, 0) is 6.54 Å². The van der Waals surface area contributed by atoms with Gasteiger partial charge in [-0.25, -0.2) is 14.8 Å². The number of aliphatic hydroxyl groups is 1. The highest BCUT2D eigenvalue weighted by molar-refractivity contribution is 5.86. The summed E-state index contributed by atoms with van der Waals surface area (Å²) < 4.78 is 3.53. The molecule has 9 heteroatoms. The lowest BCUT2D eigenvalue weighted by Crippen LogP contribution is -2.28. The average molecular weight is 382 g/mol. The number of hydrogen-bond donors (Lipinski definition) is 3. The molecule has 0 saturated heterocycles. The normalized spacial score (nSPS) is 21.7. The predicted octanol–water partition coefficient (Wildman–Crippen LogP) is 1.72. The summed E-state index contributed by atoms with van der Waals surface area (Å²) in [5.41, 5.74) is 0.170. The van der Waals surface area contributed by atoms with Gasteiger partial charge in [-0.05, 0) is 37.8 Å². The summed E-state index contributed by atoms with van der Waals surface area (Å²) in [4.78, 5) is 19.8. The van der Waals surface area contributed by atoms with Crippen molar-refractivity contribution in [2.75, 3.05) is 5.32 Å². The first-order valence-electron chi connectivity index (χ1n) is 9.17. The first-order valence-corrected chi connectivity index (χ1v) is 9.17. The molecular weight excluding hydrogens is 360 g/mol. The molecule has 3 heterocycles. The van der Waals surface area contributed by atoms with Crippen molar-refractivity contribution in [1.82, 2.24) is 24.3 Å². The third-order valence-electron chi connectivity index (χ3n) is 5.09. The third kappa shape index (κ3) is 3.74. The van der Waals surface area contributed by atoms with Crippen molar-refractivity contribution in [3.8, 4) is 5.82 Å². The van der Waals surface area contributed by atoms with Crippen LogP contribution >= 0.6 is 0 Å². The van der Waals surface area contributed by atoms with Crippen LogP contribution in [0.5, 0.6) is 0 Å². The Morgan fingerprint density at radius 1 is 1.36 bits per heavy atom. The summed E-state index contributed by atoms with van der Waals surface area (Å²) in [6.45, 7) is 2.49. The van der Waals surface area contributed by atoms with Gasteiger partial charge in [-0.15, -0.1) is 0 Å². The summed E-state index contributed by atoms with van der Waals surface area (Å²) in [5.74, 6) is 1.53. The van der Waals surface area contributed by atoms with E-state index in [2.05, 4.69) is 20.4 Å². The first-order chi connectivity index (χ1) is 13.5. The molecule has 0 aromatic carbocycles. The molecule has 1 aliphatic carbocycles. The van der Waals surface area contributed by atoms with Crippen LogP contribution in [0, 0.1) is 12.8 Å². The van der Waals surface area contributed by atoms with Gasteiger partial charge in [0.15, 0.2) is 0 Å². The zero-order valence-electron chi connectivity index (χ0n) is 15.4. The number of aromatic nitrogens is 5. The SMILES string of the molecule is Cc1nccn1-c1cccc(N[C@@H]2CC(Cn3cc(C(=O)O)cn3)C[C@H]2O)n1. The summed E-state index contributed by atoms with van der Waals surface area (Å²) in [6, 6.07) is 5.58. The molecule has 28 heavy (non-hydrogen) atoms. The molecule has 0 radical (unpaired) electrons. The zero-order chi connectivity index (χ0) is 19.7. The molecule has 146 valence electrons. The molecule has 0 spiro atoms. The van der Waals surface area contributed by atoms with Crippen molar-refractivity contribution < 1.29 is 15.0 Å². The van der Waals surface area contributed by atoms with E-state index in [1.807, 2.05) is 35.9 Å². The molecule has 1 fully saturated rings. The van der Waals surface area contributed by atoms with Gasteiger partial charge in [0.1, 0.15) is 17.5 Å². The van der Waals surface area contributed by atoms with Gasteiger partial charge in [-0.1, -0.05) is 6.07 Å². The number of carboxylic acids is 1. The number of pyridine rings is 1. The Morgan fingerprint density at radius 2 is 2.21 bits per heavy atom. The molecule has 0 aliphatic heterocycles. The molecular formula is C19H22N6O3. The van der Waals surface area contributed by atoms with Crippen molar-refractivity contribution in [2.24, 2.45) is 5.92 Å². The number of nitrogens with zero attached hydrogens (tertiary/aromatic N) is 5. The van der Waals surface area contributed by atoms with Crippen molar-refractivity contribution in [3.63, 3.8) is 0 Å². The van der Waals surface area contributed by atoms with E-state index in [-0.39, 0.29) is 17.5 Å². The van der Waals surface area contributed by atoms with Gasteiger partial charge in [0.05, 0.1) is 23.9 Å². The maximum absolute atomic E-state index is 11.0. The van der Waals surface area contributed by atoms with Crippen molar-refractivity contribution in [3.05, 3.63) is 54.4 Å². The molecule has 3 N–H and O–H groups in total. The number of carbonyl (C=O) groups is 1. The minimum atomic E-state index is -0.990. The molecule has 4 rings (SSSR count). The summed E-state index contributed by atoms with van der Waals surface area (Å²) in [5, 5.41) is 26.9. The second-order valence-corrected chi connectivity index (χ2v) is 7.14. The average Bonchev–Trinajstić information content (AvgIpc) is 3.37. The lowest BCUT2D eigenvalue weighted by atomic mass is 10.1. The van der Waals surface area contributed by atoms with E-state index in [1.54, 1.807) is 10.9 Å². The van der Waals surface area contributed by atoms with Crippen LogP contribution < -0.4 is 5.32 Å². The number of aliphatic hydroxyl groups excluding tert-OH is 1. The Labute approximate surface area is 161 Å². The number of aromatic carboxylic acids is 1. The van der Waals surface area contributed by atoms with Crippen LogP contribution in [0.15, 0.2) is 43.0 Å². The molecule has 3 atom stereocenters. The van der Waals surface area contributed by atoms with E-state index >= 15 is 0 Å². The van der Waals surface area contributed by atoms with Gasteiger partial charge in [0, 0.05) is 25.1 Å². The van der Waals surface area contributed by atoms with Crippen LogP contribution in [0.25, 0.3) is 5.82 Å². The lowest BCUT2D eigenvalue weighted by molar-refractivity contribution is 0.0696. The number of hydrogen-bond acceptors (Lipinski definition) is 6. The zero-order valence-corrected chi connectivity index (χ0v) is 15.4. The summed E-state index contributed by atoms with van der Waals surface area (Å²) in [7, 11) is 0.